The van der Waals surface area contributed by atoms with Crippen molar-refractivity contribution in [2.24, 2.45) is 0 Å². The van der Waals surface area contributed by atoms with E-state index in [1.54, 1.807) is 11.3 Å². The van der Waals surface area contributed by atoms with Crippen LogP contribution in [0.3, 0.4) is 0 Å². The van der Waals surface area contributed by atoms with Crippen molar-refractivity contribution >= 4 is 33.7 Å². The fraction of sp³-hybridized carbons (Fsp3) is 0.118. The van der Waals surface area contributed by atoms with E-state index in [0.717, 1.165) is 16.1 Å². The summed E-state index contributed by atoms with van der Waals surface area (Å²) in [5.41, 5.74) is 1.89. The largest absolute Gasteiger partial charge is 0.300 e. The molecule has 4 rings (SSSR count). The van der Waals surface area contributed by atoms with Gasteiger partial charge in [0.1, 0.15) is 12.4 Å². The summed E-state index contributed by atoms with van der Waals surface area (Å²) in [4.78, 5) is 18.4. The van der Waals surface area contributed by atoms with E-state index in [4.69, 9.17) is 0 Å². The number of carbonyl (C=O) groups is 1. The highest BCUT2D eigenvalue weighted by molar-refractivity contribution is 7.16. The molecule has 1 N–H and O–H groups in total. The van der Waals surface area contributed by atoms with Gasteiger partial charge in [-0.1, -0.05) is 36.4 Å². The van der Waals surface area contributed by atoms with Gasteiger partial charge in [-0.15, -0.1) is 27.8 Å². The van der Waals surface area contributed by atoms with Gasteiger partial charge < -0.3 is 5.32 Å². The summed E-state index contributed by atoms with van der Waals surface area (Å²) < 4.78 is 1.47. The molecule has 0 aliphatic carbocycles. The maximum atomic E-state index is 12.9. The van der Waals surface area contributed by atoms with Crippen molar-refractivity contribution in [3.8, 4) is 10.6 Å². The molecule has 7 nitrogen and oxygen atoms in total. The van der Waals surface area contributed by atoms with Crippen LogP contribution in [0.1, 0.15) is 11.6 Å². The number of nitrogens with zero attached hydrogens (tertiary/aromatic N) is 5. The molecular formula is C17H14N6OS2. The molecule has 1 aromatic carbocycles. The van der Waals surface area contributed by atoms with E-state index in [1.807, 2.05) is 53.2 Å². The van der Waals surface area contributed by atoms with Crippen LogP contribution in [-0.4, -0.2) is 31.1 Å². The molecule has 0 spiro atoms. The molecule has 0 saturated heterocycles. The highest BCUT2D eigenvalue weighted by Crippen LogP contribution is 2.28. The Labute approximate surface area is 157 Å². The number of benzene rings is 1. The van der Waals surface area contributed by atoms with Crippen LogP contribution < -0.4 is 5.32 Å². The second-order valence-corrected chi connectivity index (χ2v) is 7.31. The SMILES string of the molecule is O=C(Nc1nc(-c2cccs2)cs1)C(Cc1ccccc1)n1cnnn1. The zero-order valence-electron chi connectivity index (χ0n) is 13.5. The van der Waals surface area contributed by atoms with Crippen LogP contribution in [0.2, 0.25) is 0 Å². The Morgan fingerprint density at radius 1 is 1.15 bits per heavy atom. The molecule has 1 atom stereocenters. The Bertz CT molecular complexity index is 966. The van der Waals surface area contributed by atoms with Gasteiger partial charge in [0.05, 0.1) is 10.6 Å². The Hall–Kier alpha value is -2.91. The molecule has 0 radical (unpaired) electrons. The lowest BCUT2D eigenvalue weighted by Gasteiger charge is -2.15. The lowest BCUT2D eigenvalue weighted by Crippen LogP contribution is -2.28. The molecule has 4 aromatic rings. The van der Waals surface area contributed by atoms with Crippen molar-refractivity contribution in [3.63, 3.8) is 0 Å². The van der Waals surface area contributed by atoms with Gasteiger partial charge in [-0.25, -0.2) is 9.67 Å². The molecule has 3 heterocycles. The topological polar surface area (TPSA) is 85.6 Å². The molecule has 26 heavy (non-hydrogen) atoms. The van der Waals surface area contributed by atoms with Crippen LogP contribution in [0.15, 0.2) is 59.6 Å². The summed E-state index contributed by atoms with van der Waals surface area (Å²) in [5.74, 6) is -0.201. The van der Waals surface area contributed by atoms with Gasteiger partial charge in [0, 0.05) is 11.8 Å². The first-order chi connectivity index (χ1) is 12.8. The van der Waals surface area contributed by atoms with Gasteiger partial charge in [0.2, 0.25) is 0 Å². The predicted molar refractivity (Wildman–Crippen MR) is 101 cm³/mol. The first-order valence-corrected chi connectivity index (χ1v) is 9.62. The average Bonchev–Trinajstić information content (AvgIpc) is 3.41. The van der Waals surface area contributed by atoms with Crippen LogP contribution >= 0.6 is 22.7 Å². The van der Waals surface area contributed by atoms with Crippen molar-refractivity contribution in [3.05, 3.63) is 65.1 Å². The van der Waals surface area contributed by atoms with Gasteiger partial charge in [-0.3, -0.25) is 4.79 Å². The smallest absolute Gasteiger partial charge is 0.251 e. The van der Waals surface area contributed by atoms with Crippen molar-refractivity contribution in [2.45, 2.75) is 12.5 Å². The lowest BCUT2D eigenvalue weighted by atomic mass is 10.1. The number of tetrazole rings is 1. The Morgan fingerprint density at radius 3 is 2.77 bits per heavy atom. The average molecular weight is 382 g/mol. The monoisotopic (exact) mass is 382 g/mol. The Balaban J connectivity index is 1.53. The van der Waals surface area contributed by atoms with Gasteiger partial charge in [0.15, 0.2) is 5.13 Å². The molecule has 0 aliphatic rings. The molecule has 0 bridgehead atoms. The van der Waals surface area contributed by atoms with E-state index >= 15 is 0 Å². The van der Waals surface area contributed by atoms with Crippen molar-refractivity contribution in [1.29, 1.82) is 0 Å². The van der Waals surface area contributed by atoms with Crippen molar-refractivity contribution in [2.75, 3.05) is 5.32 Å². The molecular weight excluding hydrogens is 368 g/mol. The fourth-order valence-electron chi connectivity index (χ4n) is 2.51. The van der Waals surface area contributed by atoms with Gasteiger partial charge in [-0.2, -0.15) is 0 Å². The number of thiophene rings is 1. The third kappa shape index (κ3) is 3.68. The summed E-state index contributed by atoms with van der Waals surface area (Å²) in [6.45, 7) is 0. The predicted octanol–water partition coefficient (Wildman–Crippen LogP) is 3.28. The number of rotatable bonds is 6. The zero-order valence-corrected chi connectivity index (χ0v) is 15.2. The molecule has 3 aromatic heterocycles. The summed E-state index contributed by atoms with van der Waals surface area (Å²) >= 11 is 3.01. The third-order valence-electron chi connectivity index (χ3n) is 3.77. The van der Waals surface area contributed by atoms with Crippen LogP contribution in [-0.2, 0) is 11.2 Å². The Morgan fingerprint density at radius 2 is 2.04 bits per heavy atom. The van der Waals surface area contributed by atoms with E-state index in [2.05, 4.69) is 25.8 Å². The van der Waals surface area contributed by atoms with Gasteiger partial charge in [0.25, 0.3) is 5.91 Å². The number of hydrogen-bond acceptors (Lipinski definition) is 7. The first kappa shape index (κ1) is 16.6. The maximum Gasteiger partial charge on any atom is 0.251 e. The third-order valence-corrected chi connectivity index (χ3v) is 5.42. The van der Waals surface area contributed by atoms with E-state index in [9.17, 15) is 4.79 Å². The molecule has 0 fully saturated rings. The van der Waals surface area contributed by atoms with E-state index in [0.29, 0.717) is 11.6 Å². The minimum atomic E-state index is -0.554. The Kier molecular flexibility index (Phi) is 4.80. The fourth-order valence-corrected chi connectivity index (χ4v) is 3.99. The lowest BCUT2D eigenvalue weighted by molar-refractivity contribution is -0.119. The minimum absolute atomic E-state index is 0.201. The summed E-state index contributed by atoms with van der Waals surface area (Å²) in [7, 11) is 0. The van der Waals surface area contributed by atoms with Crippen LogP contribution in [0, 0.1) is 0 Å². The molecule has 9 heteroatoms. The van der Waals surface area contributed by atoms with Crippen molar-refractivity contribution < 1.29 is 4.79 Å². The van der Waals surface area contributed by atoms with Crippen molar-refractivity contribution in [1.82, 2.24) is 25.2 Å². The number of aromatic nitrogens is 5. The highest BCUT2D eigenvalue weighted by Gasteiger charge is 2.23. The number of thiazole rings is 1. The first-order valence-electron chi connectivity index (χ1n) is 7.86. The summed E-state index contributed by atoms with van der Waals surface area (Å²) in [6, 6.07) is 13.2. The minimum Gasteiger partial charge on any atom is -0.300 e. The molecule has 0 saturated carbocycles. The number of hydrogen-bond donors (Lipinski definition) is 1. The van der Waals surface area contributed by atoms with E-state index in [-0.39, 0.29) is 5.91 Å². The highest BCUT2D eigenvalue weighted by atomic mass is 32.1. The van der Waals surface area contributed by atoms with Crippen LogP contribution in [0.5, 0.6) is 0 Å². The normalized spacial score (nSPS) is 12.0. The molecule has 0 aliphatic heterocycles. The van der Waals surface area contributed by atoms with Crippen LogP contribution in [0.25, 0.3) is 10.6 Å². The van der Waals surface area contributed by atoms with Crippen LogP contribution in [0.4, 0.5) is 5.13 Å². The summed E-state index contributed by atoms with van der Waals surface area (Å²) in [5, 5.41) is 18.6. The van der Waals surface area contributed by atoms with E-state index in [1.165, 1.54) is 22.3 Å². The standard InChI is InChI=1S/C17H14N6OS2/c24-16(20-17-19-13(10-26-17)15-7-4-8-25-15)14(23-11-18-21-22-23)9-12-5-2-1-3-6-12/h1-8,10-11,14H,9H2,(H,19,20,24). The number of nitrogens with one attached hydrogen (secondary N) is 1. The maximum absolute atomic E-state index is 12.9. The number of carbonyl (C=O) groups excluding carboxylic acids is 1. The molecule has 1 unspecified atom stereocenters. The number of amides is 1. The zero-order chi connectivity index (χ0) is 17.8. The molecule has 130 valence electrons. The molecule has 1 amide bonds. The summed E-state index contributed by atoms with van der Waals surface area (Å²) in [6.07, 6.45) is 1.94. The van der Waals surface area contributed by atoms with E-state index < -0.39 is 6.04 Å². The second kappa shape index (κ2) is 7.54. The van der Waals surface area contributed by atoms with Gasteiger partial charge >= 0.3 is 0 Å². The number of anilines is 1. The quantitative estimate of drug-likeness (QED) is 0.553. The van der Waals surface area contributed by atoms with Gasteiger partial charge in [-0.05, 0) is 27.4 Å². The second-order valence-electron chi connectivity index (χ2n) is 5.50.